The van der Waals surface area contributed by atoms with Gasteiger partial charge in [-0.25, -0.2) is 4.79 Å². The van der Waals surface area contributed by atoms with E-state index in [1.807, 2.05) is 34.6 Å². The second-order valence-electron chi connectivity index (χ2n) is 5.34. The van der Waals surface area contributed by atoms with Crippen LogP contribution in [0.25, 0.3) is 0 Å². The van der Waals surface area contributed by atoms with Crippen molar-refractivity contribution in [3.05, 3.63) is 0 Å². The Kier molecular flexibility index (Phi) is 5.17. The standard InChI is InChI=1S/C14H25NO3/c1-6-11-8-13(16)10(5)12(7-2)15(11)14(17)18-9(3)4/h9-12H,6-8H2,1-5H3. The highest BCUT2D eigenvalue weighted by atomic mass is 16.6. The first-order valence-electron chi connectivity index (χ1n) is 6.93. The topological polar surface area (TPSA) is 46.6 Å². The normalized spacial score (nSPS) is 28.7. The van der Waals surface area contributed by atoms with E-state index in [1.54, 1.807) is 4.90 Å². The van der Waals surface area contributed by atoms with E-state index in [0.29, 0.717) is 6.42 Å². The monoisotopic (exact) mass is 255 g/mol. The minimum absolute atomic E-state index is 0.00935. The molecule has 0 N–H and O–H groups in total. The molecule has 0 aromatic carbocycles. The van der Waals surface area contributed by atoms with Gasteiger partial charge in [-0.1, -0.05) is 20.8 Å². The first kappa shape index (κ1) is 15.0. The van der Waals surface area contributed by atoms with E-state index >= 15 is 0 Å². The number of carbonyl (C=O) groups is 2. The van der Waals surface area contributed by atoms with Crippen molar-refractivity contribution in [3.63, 3.8) is 0 Å². The predicted molar refractivity (Wildman–Crippen MR) is 70.4 cm³/mol. The number of ether oxygens (including phenoxy) is 1. The van der Waals surface area contributed by atoms with Gasteiger partial charge in [0.2, 0.25) is 0 Å². The number of nitrogens with zero attached hydrogens (tertiary/aromatic N) is 1. The highest BCUT2D eigenvalue weighted by Gasteiger charge is 2.41. The molecule has 1 aliphatic rings. The number of carbonyl (C=O) groups excluding carboxylic acids is 2. The van der Waals surface area contributed by atoms with Crippen LogP contribution in [-0.2, 0) is 9.53 Å². The molecule has 1 heterocycles. The zero-order valence-electron chi connectivity index (χ0n) is 12.1. The molecule has 0 radical (unpaired) electrons. The van der Waals surface area contributed by atoms with Gasteiger partial charge < -0.3 is 9.64 Å². The molecule has 0 spiro atoms. The van der Waals surface area contributed by atoms with Crippen LogP contribution in [0.15, 0.2) is 0 Å². The van der Waals surface area contributed by atoms with Crippen LogP contribution in [0.2, 0.25) is 0 Å². The van der Waals surface area contributed by atoms with Crippen LogP contribution >= 0.6 is 0 Å². The SMILES string of the molecule is CCC1CC(=O)C(C)C(CC)N1C(=O)OC(C)C. The number of Topliss-reactive ketones (excluding diaryl/α,β-unsaturated/α-hetero) is 1. The molecule has 18 heavy (non-hydrogen) atoms. The lowest BCUT2D eigenvalue weighted by molar-refractivity contribution is -0.130. The summed E-state index contributed by atoms with van der Waals surface area (Å²) in [6.07, 6.45) is 1.64. The largest absolute Gasteiger partial charge is 0.447 e. The average Bonchev–Trinajstić information content (AvgIpc) is 2.30. The van der Waals surface area contributed by atoms with Crippen LogP contribution in [0.5, 0.6) is 0 Å². The molecular weight excluding hydrogens is 230 g/mol. The molecule has 3 atom stereocenters. The third-order valence-electron chi connectivity index (χ3n) is 3.71. The smallest absolute Gasteiger partial charge is 0.410 e. The average molecular weight is 255 g/mol. The van der Waals surface area contributed by atoms with Crippen molar-refractivity contribution in [1.29, 1.82) is 0 Å². The van der Waals surface area contributed by atoms with E-state index in [2.05, 4.69) is 0 Å². The molecular formula is C14H25NO3. The second kappa shape index (κ2) is 6.21. The molecule has 4 heteroatoms. The van der Waals surface area contributed by atoms with Crippen molar-refractivity contribution < 1.29 is 14.3 Å². The molecule has 0 saturated carbocycles. The van der Waals surface area contributed by atoms with Gasteiger partial charge in [0.05, 0.1) is 6.10 Å². The lowest BCUT2D eigenvalue weighted by Crippen LogP contribution is -2.56. The van der Waals surface area contributed by atoms with Crippen molar-refractivity contribution in [2.24, 2.45) is 5.92 Å². The maximum Gasteiger partial charge on any atom is 0.410 e. The van der Waals surface area contributed by atoms with Crippen LogP contribution in [0.4, 0.5) is 4.79 Å². The Labute approximate surface area is 110 Å². The zero-order valence-corrected chi connectivity index (χ0v) is 12.1. The Hall–Kier alpha value is -1.06. The minimum Gasteiger partial charge on any atom is -0.447 e. The van der Waals surface area contributed by atoms with E-state index in [1.165, 1.54) is 0 Å². The fraction of sp³-hybridized carbons (Fsp3) is 0.857. The summed E-state index contributed by atoms with van der Waals surface area (Å²) in [7, 11) is 0. The van der Waals surface area contributed by atoms with Crippen molar-refractivity contribution in [2.45, 2.75) is 72.1 Å². The molecule has 1 rings (SSSR count). The van der Waals surface area contributed by atoms with Gasteiger partial charge in [0.15, 0.2) is 0 Å². The predicted octanol–water partition coefficient (Wildman–Crippen LogP) is 3.00. The van der Waals surface area contributed by atoms with E-state index in [4.69, 9.17) is 4.74 Å². The van der Waals surface area contributed by atoms with Gasteiger partial charge in [0, 0.05) is 24.4 Å². The molecule has 1 saturated heterocycles. The van der Waals surface area contributed by atoms with Gasteiger partial charge in [-0.3, -0.25) is 4.79 Å². The van der Waals surface area contributed by atoms with Gasteiger partial charge in [-0.05, 0) is 26.7 Å². The number of likely N-dealkylation sites (tertiary alicyclic amines) is 1. The van der Waals surface area contributed by atoms with Crippen LogP contribution in [0.3, 0.4) is 0 Å². The Morgan fingerprint density at radius 2 is 2.00 bits per heavy atom. The summed E-state index contributed by atoms with van der Waals surface area (Å²) in [5.41, 5.74) is 0. The molecule has 3 unspecified atom stereocenters. The summed E-state index contributed by atoms with van der Waals surface area (Å²) in [5.74, 6) is 0.180. The molecule has 104 valence electrons. The number of hydrogen-bond acceptors (Lipinski definition) is 3. The number of ketones is 1. The van der Waals surface area contributed by atoms with Crippen LogP contribution in [0, 0.1) is 5.92 Å². The Balaban J connectivity index is 2.93. The summed E-state index contributed by atoms with van der Waals surface area (Å²) >= 11 is 0. The first-order chi connectivity index (χ1) is 8.42. The molecule has 0 aliphatic carbocycles. The summed E-state index contributed by atoms with van der Waals surface area (Å²) < 4.78 is 5.31. The highest BCUT2D eigenvalue weighted by molar-refractivity contribution is 5.85. The van der Waals surface area contributed by atoms with Gasteiger partial charge in [0.1, 0.15) is 5.78 Å². The van der Waals surface area contributed by atoms with Crippen LogP contribution < -0.4 is 0 Å². The van der Waals surface area contributed by atoms with Crippen LogP contribution in [0.1, 0.15) is 53.9 Å². The lowest BCUT2D eigenvalue weighted by atomic mass is 9.83. The quantitative estimate of drug-likeness (QED) is 0.778. The van der Waals surface area contributed by atoms with Crippen molar-refractivity contribution in [3.8, 4) is 0 Å². The maximum atomic E-state index is 12.2. The number of rotatable bonds is 3. The molecule has 1 aliphatic heterocycles. The van der Waals surface area contributed by atoms with E-state index in [-0.39, 0.29) is 36.0 Å². The summed E-state index contributed by atoms with van der Waals surface area (Å²) in [6.45, 7) is 9.63. The third kappa shape index (κ3) is 3.03. The van der Waals surface area contributed by atoms with E-state index in [0.717, 1.165) is 12.8 Å². The Bertz CT molecular complexity index is 314. The zero-order chi connectivity index (χ0) is 13.9. The summed E-state index contributed by atoms with van der Waals surface area (Å²) in [6, 6.07) is -0.0349. The number of amides is 1. The molecule has 0 aromatic heterocycles. The molecule has 4 nitrogen and oxygen atoms in total. The van der Waals surface area contributed by atoms with E-state index in [9.17, 15) is 9.59 Å². The highest BCUT2D eigenvalue weighted by Crippen LogP contribution is 2.29. The fourth-order valence-corrected chi connectivity index (χ4v) is 2.68. The van der Waals surface area contributed by atoms with Crippen LogP contribution in [-0.4, -0.2) is 35.0 Å². The lowest BCUT2D eigenvalue weighted by Gasteiger charge is -2.43. The molecule has 0 aromatic rings. The first-order valence-corrected chi connectivity index (χ1v) is 6.93. The van der Waals surface area contributed by atoms with Gasteiger partial charge >= 0.3 is 6.09 Å². The number of piperidine rings is 1. The van der Waals surface area contributed by atoms with Gasteiger partial charge in [-0.2, -0.15) is 0 Å². The van der Waals surface area contributed by atoms with E-state index < -0.39 is 0 Å². The molecule has 1 fully saturated rings. The summed E-state index contributed by atoms with van der Waals surface area (Å²) in [4.78, 5) is 25.9. The van der Waals surface area contributed by atoms with Gasteiger partial charge in [0.25, 0.3) is 0 Å². The van der Waals surface area contributed by atoms with Crippen molar-refractivity contribution in [2.75, 3.05) is 0 Å². The van der Waals surface area contributed by atoms with Crippen molar-refractivity contribution in [1.82, 2.24) is 4.90 Å². The van der Waals surface area contributed by atoms with Crippen molar-refractivity contribution >= 4 is 11.9 Å². The maximum absolute atomic E-state index is 12.2. The third-order valence-corrected chi connectivity index (χ3v) is 3.71. The fourth-order valence-electron chi connectivity index (χ4n) is 2.68. The summed E-state index contributed by atoms with van der Waals surface area (Å²) in [5, 5.41) is 0. The number of hydrogen-bond donors (Lipinski definition) is 0. The molecule has 0 bridgehead atoms. The Morgan fingerprint density at radius 1 is 1.39 bits per heavy atom. The molecule has 1 amide bonds. The van der Waals surface area contributed by atoms with Gasteiger partial charge in [-0.15, -0.1) is 0 Å². The minimum atomic E-state index is -0.275. The Morgan fingerprint density at radius 3 is 2.44 bits per heavy atom. The second-order valence-corrected chi connectivity index (χ2v) is 5.34.